The number of hydrogen-bond acceptors (Lipinski definition) is 5. The molecule has 1 aliphatic heterocycles. The first kappa shape index (κ1) is 14.1. The Morgan fingerprint density at radius 2 is 2.11 bits per heavy atom. The zero-order chi connectivity index (χ0) is 13.7. The predicted molar refractivity (Wildman–Crippen MR) is 79.9 cm³/mol. The minimum atomic E-state index is 0.719. The molecular formula is C14H25N5. The maximum absolute atomic E-state index is 4.59. The minimum Gasteiger partial charge on any atom is -0.358 e. The number of nitrogens with zero attached hydrogens (tertiary/aromatic N) is 4. The van der Waals surface area contributed by atoms with Gasteiger partial charge < -0.3 is 15.1 Å². The van der Waals surface area contributed by atoms with Gasteiger partial charge in [0.25, 0.3) is 0 Å². The number of rotatable bonds is 6. The van der Waals surface area contributed by atoms with Crippen LogP contribution in [-0.2, 0) is 0 Å². The molecule has 19 heavy (non-hydrogen) atoms. The van der Waals surface area contributed by atoms with Gasteiger partial charge in [0.2, 0.25) is 5.95 Å². The minimum absolute atomic E-state index is 0.719. The molecule has 1 saturated heterocycles. The van der Waals surface area contributed by atoms with Gasteiger partial charge >= 0.3 is 0 Å². The molecule has 5 heteroatoms. The van der Waals surface area contributed by atoms with Gasteiger partial charge in [-0.15, -0.1) is 0 Å². The fourth-order valence-corrected chi connectivity index (χ4v) is 2.47. The number of hydrogen-bond donors (Lipinski definition) is 1. The smallest absolute Gasteiger partial charge is 0.224 e. The lowest BCUT2D eigenvalue weighted by molar-refractivity contribution is 0.346. The van der Waals surface area contributed by atoms with Crippen molar-refractivity contribution in [1.82, 2.24) is 14.9 Å². The van der Waals surface area contributed by atoms with Crippen molar-refractivity contribution in [2.75, 3.05) is 50.0 Å². The SMILES string of the molecule is CCNc1ncc(C)c(N(C)CCN2CCCC2)n1. The van der Waals surface area contributed by atoms with E-state index in [0.717, 1.165) is 37.0 Å². The molecule has 0 amide bonds. The van der Waals surface area contributed by atoms with Crippen molar-refractivity contribution >= 4 is 11.8 Å². The lowest BCUT2D eigenvalue weighted by atomic mass is 10.3. The van der Waals surface area contributed by atoms with Crippen LogP contribution in [0.2, 0.25) is 0 Å². The lowest BCUT2D eigenvalue weighted by Gasteiger charge is -2.23. The zero-order valence-corrected chi connectivity index (χ0v) is 12.3. The summed E-state index contributed by atoms with van der Waals surface area (Å²) < 4.78 is 0. The Labute approximate surface area is 116 Å². The summed E-state index contributed by atoms with van der Waals surface area (Å²) in [5.41, 5.74) is 1.13. The topological polar surface area (TPSA) is 44.3 Å². The first-order valence-corrected chi connectivity index (χ1v) is 7.21. The summed E-state index contributed by atoms with van der Waals surface area (Å²) in [4.78, 5) is 13.6. The monoisotopic (exact) mass is 263 g/mol. The van der Waals surface area contributed by atoms with Gasteiger partial charge in [0.05, 0.1) is 0 Å². The molecule has 2 heterocycles. The van der Waals surface area contributed by atoms with Crippen LogP contribution in [0.5, 0.6) is 0 Å². The fraction of sp³-hybridized carbons (Fsp3) is 0.714. The van der Waals surface area contributed by atoms with Crippen LogP contribution in [0, 0.1) is 6.92 Å². The molecular weight excluding hydrogens is 238 g/mol. The van der Waals surface area contributed by atoms with Crippen molar-refractivity contribution in [1.29, 1.82) is 0 Å². The molecule has 0 aliphatic carbocycles. The van der Waals surface area contributed by atoms with Crippen molar-refractivity contribution < 1.29 is 0 Å². The molecule has 0 saturated carbocycles. The molecule has 106 valence electrons. The van der Waals surface area contributed by atoms with E-state index >= 15 is 0 Å². The van der Waals surface area contributed by atoms with Crippen molar-refractivity contribution in [3.63, 3.8) is 0 Å². The highest BCUT2D eigenvalue weighted by Crippen LogP contribution is 2.17. The largest absolute Gasteiger partial charge is 0.358 e. The van der Waals surface area contributed by atoms with Crippen molar-refractivity contribution in [3.05, 3.63) is 11.8 Å². The average Bonchev–Trinajstić information content (AvgIpc) is 2.92. The Kier molecular flexibility index (Phi) is 4.96. The van der Waals surface area contributed by atoms with Gasteiger partial charge in [-0.25, -0.2) is 4.98 Å². The standard InChI is InChI=1S/C14H25N5/c1-4-15-14-16-11-12(2)13(17-14)18(3)9-10-19-7-5-6-8-19/h11H,4-10H2,1-3H3,(H,15,16,17). The molecule has 5 nitrogen and oxygen atoms in total. The third kappa shape index (κ3) is 3.80. The quantitative estimate of drug-likeness (QED) is 0.847. The van der Waals surface area contributed by atoms with E-state index < -0.39 is 0 Å². The molecule has 0 radical (unpaired) electrons. The summed E-state index contributed by atoms with van der Waals surface area (Å²) in [5.74, 6) is 1.75. The van der Waals surface area contributed by atoms with Gasteiger partial charge in [0.15, 0.2) is 0 Å². The van der Waals surface area contributed by atoms with E-state index in [2.05, 4.69) is 46.0 Å². The Morgan fingerprint density at radius 1 is 1.37 bits per heavy atom. The summed E-state index contributed by atoms with van der Waals surface area (Å²) in [6.07, 6.45) is 4.59. The van der Waals surface area contributed by atoms with Gasteiger partial charge in [-0.05, 0) is 39.8 Å². The molecule has 0 aromatic carbocycles. The molecule has 1 fully saturated rings. The van der Waals surface area contributed by atoms with Gasteiger partial charge in [0.1, 0.15) is 5.82 Å². The van der Waals surface area contributed by atoms with Crippen LogP contribution in [0.1, 0.15) is 25.3 Å². The third-order valence-corrected chi connectivity index (χ3v) is 3.59. The second-order valence-electron chi connectivity index (χ2n) is 5.20. The Hall–Kier alpha value is -1.36. The number of aryl methyl sites for hydroxylation is 1. The van der Waals surface area contributed by atoms with E-state index in [9.17, 15) is 0 Å². The molecule has 0 bridgehead atoms. The molecule has 0 spiro atoms. The van der Waals surface area contributed by atoms with Crippen molar-refractivity contribution in [3.8, 4) is 0 Å². The molecule has 0 atom stereocenters. The highest BCUT2D eigenvalue weighted by Gasteiger charge is 2.13. The maximum atomic E-state index is 4.59. The van der Waals surface area contributed by atoms with Crippen LogP contribution < -0.4 is 10.2 Å². The number of likely N-dealkylation sites (tertiary alicyclic amines) is 1. The van der Waals surface area contributed by atoms with E-state index in [1.807, 2.05) is 6.20 Å². The first-order valence-electron chi connectivity index (χ1n) is 7.21. The fourth-order valence-electron chi connectivity index (χ4n) is 2.47. The van der Waals surface area contributed by atoms with Crippen LogP contribution in [-0.4, -0.2) is 54.6 Å². The Morgan fingerprint density at radius 3 is 2.79 bits per heavy atom. The third-order valence-electron chi connectivity index (χ3n) is 3.59. The molecule has 1 aromatic rings. The summed E-state index contributed by atoms with van der Waals surface area (Å²) in [6.45, 7) is 9.61. The molecule has 1 aliphatic rings. The van der Waals surface area contributed by atoms with Gasteiger partial charge in [-0.3, -0.25) is 0 Å². The van der Waals surface area contributed by atoms with Gasteiger partial charge in [0, 0.05) is 38.4 Å². The van der Waals surface area contributed by atoms with E-state index in [4.69, 9.17) is 0 Å². The van der Waals surface area contributed by atoms with Gasteiger partial charge in [-0.1, -0.05) is 0 Å². The number of likely N-dealkylation sites (N-methyl/N-ethyl adjacent to an activating group) is 1. The normalized spacial score (nSPS) is 15.7. The molecule has 2 rings (SSSR count). The zero-order valence-electron chi connectivity index (χ0n) is 12.3. The van der Waals surface area contributed by atoms with Gasteiger partial charge in [-0.2, -0.15) is 4.98 Å². The Balaban J connectivity index is 1.96. The van der Waals surface area contributed by atoms with Crippen molar-refractivity contribution in [2.24, 2.45) is 0 Å². The van der Waals surface area contributed by atoms with E-state index in [1.165, 1.54) is 25.9 Å². The second kappa shape index (κ2) is 6.70. The summed E-state index contributed by atoms with van der Waals surface area (Å²) in [5, 5.41) is 3.17. The van der Waals surface area contributed by atoms with E-state index in [0.29, 0.717) is 0 Å². The van der Waals surface area contributed by atoms with Crippen molar-refractivity contribution in [2.45, 2.75) is 26.7 Å². The van der Waals surface area contributed by atoms with Crippen LogP contribution in [0.4, 0.5) is 11.8 Å². The summed E-state index contributed by atoms with van der Waals surface area (Å²) in [6, 6.07) is 0. The number of anilines is 2. The Bertz CT molecular complexity index is 401. The maximum Gasteiger partial charge on any atom is 0.224 e. The average molecular weight is 263 g/mol. The van der Waals surface area contributed by atoms with E-state index in [1.54, 1.807) is 0 Å². The second-order valence-corrected chi connectivity index (χ2v) is 5.20. The highest BCUT2D eigenvalue weighted by atomic mass is 15.2. The number of nitrogens with one attached hydrogen (secondary N) is 1. The molecule has 1 N–H and O–H groups in total. The van der Waals surface area contributed by atoms with Crippen LogP contribution in [0.25, 0.3) is 0 Å². The molecule has 1 aromatic heterocycles. The van der Waals surface area contributed by atoms with Crippen LogP contribution in [0.15, 0.2) is 6.20 Å². The van der Waals surface area contributed by atoms with E-state index in [-0.39, 0.29) is 0 Å². The van der Waals surface area contributed by atoms with Crippen LogP contribution >= 0.6 is 0 Å². The number of aromatic nitrogens is 2. The molecule has 0 unspecified atom stereocenters. The van der Waals surface area contributed by atoms with Crippen LogP contribution in [0.3, 0.4) is 0 Å². The highest BCUT2D eigenvalue weighted by molar-refractivity contribution is 5.48. The first-order chi connectivity index (χ1) is 9.20. The predicted octanol–water partition coefficient (Wildman–Crippen LogP) is 1.75. The lowest BCUT2D eigenvalue weighted by Crippen LogP contribution is -2.32. The summed E-state index contributed by atoms with van der Waals surface area (Å²) in [7, 11) is 2.11. The summed E-state index contributed by atoms with van der Waals surface area (Å²) >= 11 is 0.